The van der Waals surface area contributed by atoms with Crippen LogP contribution in [0.4, 0.5) is 11.4 Å². The maximum Gasteiger partial charge on any atom is 0.296 e. The molecule has 82 valence electrons. The van der Waals surface area contributed by atoms with E-state index in [4.69, 9.17) is 10.2 Å². The fourth-order valence-electron chi connectivity index (χ4n) is 1.08. The Labute approximate surface area is 86.3 Å². The molecule has 0 aromatic heterocycles. The van der Waals surface area contributed by atoms with Gasteiger partial charge in [0.15, 0.2) is 0 Å². The van der Waals surface area contributed by atoms with Gasteiger partial charge < -0.3 is 15.5 Å². The molecule has 0 aliphatic rings. The third-order valence-electron chi connectivity index (χ3n) is 1.77. The number of anilines is 1. The third-order valence-corrected chi connectivity index (χ3v) is 1.77. The Bertz CT molecular complexity index is 365. The zero-order valence-corrected chi connectivity index (χ0v) is 8.17. The topological polar surface area (TPSA) is 95.6 Å². The first-order chi connectivity index (χ1) is 7.00. The van der Waals surface area contributed by atoms with Crippen molar-refractivity contribution < 1.29 is 15.1 Å². The van der Waals surface area contributed by atoms with Gasteiger partial charge in [0.05, 0.1) is 17.1 Å². The van der Waals surface area contributed by atoms with Gasteiger partial charge in [-0.05, 0) is 19.1 Å². The van der Waals surface area contributed by atoms with Crippen LogP contribution in [0.5, 0.6) is 5.75 Å². The Morgan fingerprint density at radius 2 is 2.27 bits per heavy atom. The number of rotatable bonds is 4. The summed E-state index contributed by atoms with van der Waals surface area (Å²) in [6, 6.07) is 3.80. The van der Waals surface area contributed by atoms with E-state index < -0.39 is 11.0 Å². The molecule has 0 saturated carbocycles. The van der Waals surface area contributed by atoms with Crippen molar-refractivity contribution in [3.8, 4) is 5.75 Å². The number of hydrogen-bond acceptors (Lipinski definition) is 5. The molecule has 6 heteroatoms. The van der Waals surface area contributed by atoms with Gasteiger partial charge in [0.2, 0.25) is 0 Å². The maximum absolute atomic E-state index is 10.6. The second kappa shape index (κ2) is 4.61. The number of benzene rings is 1. The average Bonchev–Trinajstić information content (AvgIpc) is 2.15. The molecule has 3 N–H and O–H groups in total. The van der Waals surface area contributed by atoms with Crippen molar-refractivity contribution in [3.05, 3.63) is 28.3 Å². The van der Waals surface area contributed by atoms with Gasteiger partial charge in [-0.1, -0.05) is 0 Å². The van der Waals surface area contributed by atoms with E-state index >= 15 is 0 Å². The van der Waals surface area contributed by atoms with Crippen molar-refractivity contribution in [1.29, 1.82) is 0 Å². The second-order valence-corrected chi connectivity index (χ2v) is 3.19. The fraction of sp³-hybridized carbons (Fsp3) is 0.333. The Kier molecular flexibility index (Phi) is 3.46. The standard InChI is InChI=1S/C9H12N2O4/c1-6(12)5-10-8-3-2-7(13)4-9(8)11(14)15/h2-4,6,10,12-13H,5H2,1H3/t6-/m0/s1. The number of aliphatic hydroxyl groups excluding tert-OH is 1. The van der Waals surface area contributed by atoms with E-state index in [1.54, 1.807) is 6.92 Å². The zero-order valence-electron chi connectivity index (χ0n) is 8.17. The summed E-state index contributed by atoms with van der Waals surface area (Å²) in [6.07, 6.45) is -0.599. The molecule has 1 atom stereocenters. The molecule has 15 heavy (non-hydrogen) atoms. The molecular formula is C9H12N2O4. The number of phenolic OH excluding ortho intramolecular Hbond substituents is 1. The van der Waals surface area contributed by atoms with Gasteiger partial charge in [-0.15, -0.1) is 0 Å². The van der Waals surface area contributed by atoms with Crippen molar-refractivity contribution in [1.82, 2.24) is 0 Å². The number of nitro groups is 1. The fourth-order valence-corrected chi connectivity index (χ4v) is 1.08. The molecule has 0 unspecified atom stereocenters. The van der Waals surface area contributed by atoms with E-state index in [0.29, 0.717) is 0 Å². The summed E-state index contributed by atoms with van der Waals surface area (Å²) < 4.78 is 0. The molecule has 0 bridgehead atoms. The molecule has 0 aliphatic heterocycles. The Balaban J connectivity index is 2.91. The van der Waals surface area contributed by atoms with Crippen molar-refractivity contribution in [2.45, 2.75) is 13.0 Å². The molecule has 1 aromatic carbocycles. The highest BCUT2D eigenvalue weighted by atomic mass is 16.6. The summed E-state index contributed by atoms with van der Waals surface area (Å²) in [5, 5.41) is 31.4. The van der Waals surface area contributed by atoms with Crippen LogP contribution < -0.4 is 5.32 Å². The first-order valence-corrected chi connectivity index (χ1v) is 4.40. The Morgan fingerprint density at radius 1 is 1.60 bits per heavy atom. The van der Waals surface area contributed by atoms with Crippen LogP contribution in [-0.4, -0.2) is 27.8 Å². The van der Waals surface area contributed by atoms with E-state index in [9.17, 15) is 10.1 Å². The van der Waals surface area contributed by atoms with Crippen LogP contribution in [0, 0.1) is 10.1 Å². The lowest BCUT2D eigenvalue weighted by molar-refractivity contribution is -0.384. The van der Waals surface area contributed by atoms with Crippen LogP contribution in [0.15, 0.2) is 18.2 Å². The van der Waals surface area contributed by atoms with Crippen molar-refractivity contribution >= 4 is 11.4 Å². The largest absolute Gasteiger partial charge is 0.508 e. The van der Waals surface area contributed by atoms with Gasteiger partial charge in [0.1, 0.15) is 11.4 Å². The minimum atomic E-state index is -0.599. The van der Waals surface area contributed by atoms with Crippen molar-refractivity contribution in [3.63, 3.8) is 0 Å². The summed E-state index contributed by atoms with van der Waals surface area (Å²) in [4.78, 5) is 10.0. The SMILES string of the molecule is C[C@H](O)CNc1ccc(O)cc1[N+](=O)[O-]. The van der Waals surface area contributed by atoms with Crippen LogP contribution in [-0.2, 0) is 0 Å². The summed E-state index contributed by atoms with van der Waals surface area (Å²) in [6.45, 7) is 1.78. The van der Waals surface area contributed by atoms with Gasteiger partial charge in [-0.3, -0.25) is 10.1 Å². The highest BCUT2D eigenvalue weighted by molar-refractivity contribution is 5.63. The average molecular weight is 212 g/mol. The highest BCUT2D eigenvalue weighted by Gasteiger charge is 2.14. The summed E-state index contributed by atoms with van der Waals surface area (Å²) in [5.41, 5.74) is 0.0642. The summed E-state index contributed by atoms with van der Waals surface area (Å²) >= 11 is 0. The third kappa shape index (κ3) is 3.10. The maximum atomic E-state index is 10.6. The molecule has 0 spiro atoms. The highest BCUT2D eigenvalue weighted by Crippen LogP contribution is 2.28. The van der Waals surface area contributed by atoms with Crippen LogP contribution in [0.25, 0.3) is 0 Å². The van der Waals surface area contributed by atoms with Gasteiger partial charge in [-0.25, -0.2) is 0 Å². The van der Waals surface area contributed by atoms with E-state index in [1.165, 1.54) is 12.1 Å². The first kappa shape index (κ1) is 11.3. The summed E-state index contributed by atoms with van der Waals surface area (Å²) in [7, 11) is 0. The monoisotopic (exact) mass is 212 g/mol. The lowest BCUT2D eigenvalue weighted by Gasteiger charge is -2.08. The molecule has 0 aliphatic carbocycles. The predicted octanol–water partition coefficient (Wildman–Crippen LogP) is 1.09. The van der Waals surface area contributed by atoms with E-state index in [2.05, 4.69) is 5.32 Å². The number of nitrogens with zero attached hydrogens (tertiary/aromatic N) is 1. The molecular weight excluding hydrogens is 200 g/mol. The molecule has 1 rings (SSSR count). The van der Waals surface area contributed by atoms with Crippen LogP contribution >= 0.6 is 0 Å². The smallest absolute Gasteiger partial charge is 0.296 e. The molecule has 0 amide bonds. The minimum absolute atomic E-state index is 0.163. The molecule has 6 nitrogen and oxygen atoms in total. The van der Waals surface area contributed by atoms with Crippen LogP contribution in [0.2, 0.25) is 0 Å². The lowest BCUT2D eigenvalue weighted by atomic mass is 10.2. The molecule has 0 radical (unpaired) electrons. The molecule has 1 aromatic rings. The minimum Gasteiger partial charge on any atom is -0.508 e. The number of aromatic hydroxyl groups is 1. The van der Waals surface area contributed by atoms with Gasteiger partial charge >= 0.3 is 0 Å². The quantitative estimate of drug-likeness (QED) is 0.394. The van der Waals surface area contributed by atoms with Gasteiger partial charge in [0.25, 0.3) is 5.69 Å². The molecule has 0 heterocycles. The van der Waals surface area contributed by atoms with Crippen molar-refractivity contribution in [2.75, 3.05) is 11.9 Å². The lowest BCUT2D eigenvalue weighted by Crippen LogP contribution is -2.15. The van der Waals surface area contributed by atoms with Crippen LogP contribution in [0.1, 0.15) is 6.92 Å². The molecule has 0 saturated heterocycles. The van der Waals surface area contributed by atoms with Crippen molar-refractivity contribution in [2.24, 2.45) is 0 Å². The van der Waals surface area contributed by atoms with Gasteiger partial charge in [-0.2, -0.15) is 0 Å². The molecule has 0 fully saturated rings. The van der Waals surface area contributed by atoms with E-state index in [0.717, 1.165) is 6.07 Å². The van der Waals surface area contributed by atoms with Gasteiger partial charge in [0, 0.05) is 6.54 Å². The Morgan fingerprint density at radius 3 is 2.80 bits per heavy atom. The first-order valence-electron chi connectivity index (χ1n) is 4.40. The number of aliphatic hydroxyl groups is 1. The second-order valence-electron chi connectivity index (χ2n) is 3.19. The summed E-state index contributed by atoms with van der Waals surface area (Å²) in [5.74, 6) is -0.163. The van der Waals surface area contributed by atoms with Crippen LogP contribution in [0.3, 0.4) is 0 Å². The zero-order chi connectivity index (χ0) is 11.4. The number of hydrogen-bond donors (Lipinski definition) is 3. The predicted molar refractivity (Wildman–Crippen MR) is 54.9 cm³/mol. The Hall–Kier alpha value is -1.82. The number of phenols is 1. The number of nitrogens with one attached hydrogen (secondary N) is 1. The van der Waals surface area contributed by atoms with E-state index in [1.807, 2.05) is 0 Å². The van der Waals surface area contributed by atoms with E-state index in [-0.39, 0.29) is 23.7 Å². The number of nitro benzene ring substituents is 1. The normalized spacial score (nSPS) is 12.1.